The highest BCUT2D eigenvalue weighted by atomic mass is 19.3. The van der Waals surface area contributed by atoms with Gasteiger partial charge in [0.15, 0.2) is 0 Å². The van der Waals surface area contributed by atoms with Gasteiger partial charge in [-0.1, -0.05) is 0 Å². The lowest BCUT2D eigenvalue weighted by atomic mass is 10.0. The van der Waals surface area contributed by atoms with Gasteiger partial charge in [-0.3, -0.25) is 4.90 Å². The van der Waals surface area contributed by atoms with E-state index in [9.17, 15) is 13.2 Å². The molecule has 2 nitrogen and oxygen atoms in total. The van der Waals surface area contributed by atoms with E-state index in [-0.39, 0.29) is 17.6 Å². The van der Waals surface area contributed by atoms with Crippen molar-refractivity contribution in [2.45, 2.75) is 25.5 Å². The lowest BCUT2D eigenvalue weighted by Gasteiger charge is -2.20. The molecule has 0 aromatic heterocycles. The second-order valence-corrected chi connectivity index (χ2v) is 4.20. The Balaban J connectivity index is 2.25. The molecule has 5 heteroatoms. The summed E-state index contributed by atoms with van der Waals surface area (Å²) in [5.41, 5.74) is 0.433. The minimum atomic E-state index is -2.88. The van der Waals surface area contributed by atoms with Crippen LogP contribution in [0.1, 0.15) is 24.4 Å². The Morgan fingerprint density at radius 3 is 2.76 bits per heavy atom. The van der Waals surface area contributed by atoms with Gasteiger partial charge in [-0.25, -0.2) is 4.39 Å². The fourth-order valence-corrected chi connectivity index (χ4v) is 2.26. The number of hydrogen-bond donors (Lipinski definition) is 0. The summed E-state index contributed by atoms with van der Waals surface area (Å²) in [7, 11) is 1.90. The fourth-order valence-electron chi connectivity index (χ4n) is 2.26. The Hall–Kier alpha value is -1.23. The quantitative estimate of drug-likeness (QED) is 0.810. The maximum atomic E-state index is 13.7. The van der Waals surface area contributed by atoms with E-state index in [1.165, 1.54) is 18.2 Å². The molecule has 1 aliphatic heterocycles. The Morgan fingerprint density at radius 1 is 1.41 bits per heavy atom. The summed E-state index contributed by atoms with van der Waals surface area (Å²) in [6, 6.07) is 3.73. The van der Waals surface area contributed by atoms with Crippen LogP contribution in [0.25, 0.3) is 0 Å². The summed E-state index contributed by atoms with van der Waals surface area (Å²) in [5.74, 6) is -0.359. The van der Waals surface area contributed by atoms with Gasteiger partial charge in [0.05, 0.1) is 0 Å². The van der Waals surface area contributed by atoms with E-state index in [2.05, 4.69) is 4.74 Å². The summed E-state index contributed by atoms with van der Waals surface area (Å²) in [5, 5.41) is 0. The molecule has 1 heterocycles. The first-order valence-corrected chi connectivity index (χ1v) is 5.52. The van der Waals surface area contributed by atoms with Crippen molar-refractivity contribution in [1.29, 1.82) is 0 Å². The second-order valence-electron chi connectivity index (χ2n) is 4.20. The van der Waals surface area contributed by atoms with Crippen LogP contribution in [-0.2, 0) is 0 Å². The van der Waals surface area contributed by atoms with Crippen molar-refractivity contribution in [3.05, 3.63) is 29.6 Å². The van der Waals surface area contributed by atoms with Crippen molar-refractivity contribution < 1.29 is 17.9 Å². The molecule has 0 spiro atoms. The molecule has 1 saturated heterocycles. The lowest BCUT2D eigenvalue weighted by Crippen LogP contribution is -2.18. The monoisotopic (exact) mass is 245 g/mol. The zero-order valence-corrected chi connectivity index (χ0v) is 9.50. The summed E-state index contributed by atoms with van der Waals surface area (Å²) in [6.07, 6.45) is 1.83. The van der Waals surface area contributed by atoms with Crippen LogP contribution in [0.4, 0.5) is 13.2 Å². The van der Waals surface area contributed by atoms with E-state index in [0.717, 1.165) is 19.4 Å². The second kappa shape index (κ2) is 4.96. The molecule has 94 valence electrons. The molecule has 2 rings (SSSR count). The van der Waals surface area contributed by atoms with Crippen molar-refractivity contribution in [1.82, 2.24) is 4.90 Å². The van der Waals surface area contributed by atoms with E-state index in [1.807, 2.05) is 11.9 Å². The maximum Gasteiger partial charge on any atom is 0.387 e. The Morgan fingerprint density at radius 2 is 2.18 bits per heavy atom. The molecule has 0 N–H and O–H groups in total. The van der Waals surface area contributed by atoms with Gasteiger partial charge in [0, 0.05) is 11.6 Å². The molecule has 0 aliphatic carbocycles. The van der Waals surface area contributed by atoms with E-state index < -0.39 is 6.61 Å². The van der Waals surface area contributed by atoms with Crippen LogP contribution in [0.3, 0.4) is 0 Å². The Kier molecular flexibility index (Phi) is 3.57. The summed E-state index contributed by atoms with van der Waals surface area (Å²) in [4.78, 5) is 2.02. The van der Waals surface area contributed by atoms with Crippen LogP contribution in [0.5, 0.6) is 5.75 Å². The number of rotatable bonds is 3. The highest BCUT2D eigenvalue weighted by molar-refractivity contribution is 5.32. The molecule has 1 fully saturated rings. The third kappa shape index (κ3) is 2.72. The van der Waals surface area contributed by atoms with Crippen LogP contribution < -0.4 is 4.74 Å². The van der Waals surface area contributed by atoms with Crippen molar-refractivity contribution in [3.8, 4) is 5.75 Å². The van der Waals surface area contributed by atoms with Crippen molar-refractivity contribution in [2.24, 2.45) is 0 Å². The molecular formula is C12H14F3NO. The minimum absolute atomic E-state index is 0.0108. The first-order chi connectivity index (χ1) is 8.08. The van der Waals surface area contributed by atoms with E-state index in [1.54, 1.807) is 0 Å². The normalized spacial score (nSPS) is 21.1. The molecule has 1 aliphatic rings. The van der Waals surface area contributed by atoms with E-state index in [0.29, 0.717) is 5.56 Å². The van der Waals surface area contributed by atoms with Crippen molar-refractivity contribution in [2.75, 3.05) is 13.6 Å². The molecule has 0 radical (unpaired) electrons. The van der Waals surface area contributed by atoms with Gasteiger partial charge in [-0.2, -0.15) is 8.78 Å². The third-order valence-corrected chi connectivity index (χ3v) is 3.07. The number of halogens is 3. The molecule has 0 amide bonds. The highest BCUT2D eigenvalue weighted by Crippen LogP contribution is 2.34. The van der Waals surface area contributed by atoms with Gasteiger partial charge in [0.2, 0.25) is 0 Å². The average molecular weight is 245 g/mol. The van der Waals surface area contributed by atoms with E-state index >= 15 is 0 Å². The van der Waals surface area contributed by atoms with Crippen LogP contribution in [-0.4, -0.2) is 25.1 Å². The number of likely N-dealkylation sites (tertiary alicyclic amines) is 1. The SMILES string of the molecule is CN1CCC[C@@H]1c1cc(OC(F)F)ccc1F. The first kappa shape index (κ1) is 12.2. The zero-order valence-electron chi connectivity index (χ0n) is 9.50. The lowest BCUT2D eigenvalue weighted by molar-refractivity contribution is -0.0499. The molecule has 0 saturated carbocycles. The predicted octanol–water partition coefficient (Wildman–Crippen LogP) is 3.19. The smallest absolute Gasteiger partial charge is 0.387 e. The van der Waals surface area contributed by atoms with Gasteiger partial charge in [0.1, 0.15) is 11.6 Å². The Bertz CT molecular complexity index is 397. The van der Waals surface area contributed by atoms with Crippen LogP contribution >= 0.6 is 0 Å². The average Bonchev–Trinajstić information content (AvgIpc) is 2.67. The van der Waals surface area contributed by atoms with Crippen molar-refractivity contribution in [3.63, 3.8) is 0 Å². The Labute approximate surface area is 98.0 Å². The van der Waals surface area contributed by atoms with Gasteiger partial charge in [0.25, 0.3) is 0 Å². The molecule has 1 aromatic carbocycles. The van der Waals surface area contributed by atoms with Gasteiger partial charge in [-0.15, -0.1) is 0 Å². The third-order valence-electron chi connectivity index (χ3n) is 3.07. The van der Waals surface area contributed by atoms with Crippen LogP contribution in [0, 0.1) is 5.82 Å². The molecular weight excluding hydrogens is 231 g/mol. The van der Waals surface area contributed by atoms with Gasteiger partial charge < -0.3 is 4.74 Å². The number of ether oxygens (including phenoxy) is 1. The fraction of sp³-hybridized carbons (Fsp3) is 0.500. The number of hydrogen-bond acceptors (Lipinski definition) is 2. The highest BCUT2D eigenvalue weighted by Gasteiger charge is 2.25. The maximum absolute atomic E-state index is 13.7. The molecule has 0 bridgehead atoms. The number of nitrogens with zero attached hydrogens (tertiary/aromatic N) is 1. The molecule has 1 atom stereocenters. The molecule has 17 heavy (non-hydrogen) atoms. The van der Waals surface area contributed by atoms with Crippen LogP contribution in [0.15, 0.2) is 18.2 Å². The minimum Gasteiger partial charge on any atom is -0.435 e. The number of alkyl halides is 2. The molecule has 0 unspecified atom stereocenters. The summed E-state index contributed by atoms with van der Waals surface area (Å²) < 4.78 is 42.1. The summed E-state index contributed by atoms with van der Waals surface area (Å²) in [6.45, 7) is -1.99. The number of benzene rings is 1. The molecule has 1 aromatic rings. The first-order valence-electron chi connectivity index (χ1n) is 5.52. The standard InChI is InChI=1S/C12H14F3NO/c1-16-6-2-3-11(16)9-7-8(17-12(14)15)4-5-10(9)13/h4-5,7,11-12H,2-3,6H2,1H3/t11-/m1/s1. The largest absolute Gasteiger partial charge is 0.435 e. The topological polar surface area (TPSA) is 12.5 Å². The van der Waals surface area contributed by atoms with E-state index in [4.69, 9.17) is 0 Å². The van der Waals surface area contributed by atoms with Gasteiger partial charge >= 0.3 is 6.61 Å². The zero-order chi connectivity index (χ0) is 12.4. The van der Waals surface area contributed by atoms with Gasteiger partial charge in [-0.05, 0) is 44.6 Å². The summed E-state index contributed by atoms with van der Waals surface area (Å²) >= 11 is 0. The van der Waals surface area contributed by atoms with Crippen LogP contribution in [0.2, 0.25) is 0 Å². The predicted molar refractivity (Wildman–Crippen MR) is 57.6 cm³/mol. The van der Waals surface area contributed by atoms with Crippen molar-refractivity contribution >= 4 is 0 Å².